The molecule has 1 heterocycles. The van der Waals surface area contributed by atoms with Gasteiger partial charge in [0.25, 0.3) is 0 Å². The average molecular weight is 669 g/mol. The number of hydrogen-bond donors (Lipinski definition) is 1. The Hall–Kier alpha value is -0.960. The van der Waals surface area contributed by atoms with Gasteiger partial charge in [-0.3, -0.25) is 9.97 Å². The lowest BCUT2D eigenvalue weighted by Gasteiger charge is -2.61. The summed E-state index contributed by atoms with van der Waals surface area (Å²) >= 11 is 0. The first-order valence-corrected chi connectivity index (χ1v) is 21.9. The number of aromatic nitrogens is 2. The fraction of sp³-hybridized carbons (Fsp3) is 0.913. The zero-order valence-corrected chi connectivity index (χ0v) is 32.7. The van der Waals surface area contributed by atoms with Gasteiger partial charge in [0, 0.05) is 0 Å². The minimum Gasteiger partial charge on any atom is -0.393 e. The van der Waals surface area contributed by atoms with Crippen LogP contribution in [-0.2, 0) is 25.7 Å². The molecule has 49 heavy (non-hydrogen) atoms. The Morgan fingerprint density at radius 3 is 1.65 bits per heavy atom. The molecule has 1 aromatic heterocycles. The Morgan fingerprint density at radius 1 is 0.571 bits per heavy atom. The number of nitrogens with zero attached hydrogens (tertiary/aromatic N) is 2. The van der Waals surface area contributed by atoms with E-state index in [0.29, 0.717) is 16.2 Å². The summed E-state index contributed by atoms with van der Waals surface area (Å²) in [5, 5.41) is 11.0. The molecule has 3 heteroatoms. The molecule has 6 fully saturated rings. The smallest absolute Gasteiger partial charge is 0.0628 e. The second kappa shape index (κ2) is 11.8. The van der Waals surface area contributed by atoms with Crippen LogP contribution in [0, 0.1) is 86.8 Å². The average Bonchev–Trinajstić information content (AvgIpc) is 3.57. The molecule has 0 bridgehead atoms. The third-order valence-corrected chi connectivity index (χ3v) is 19.5. The monoisotopic (exact) mass is 669 g/mol. The van der Waals surface area contributed by atoms with Gasteiger partial charge in [-0.1, -0.05) is 67.7 Å². The highest BCUT2D eigenvalue weighted by Crippen LogP contribution is 2.69. The molecule has 15 atom stereocenters. The van der Waals surface area contributed by atoms with E-state index in [-0.39, 0.29) is 11.5 Å². The van der Waals surface area contributed by atoms with Gasteiger partial charge in [0.05, 0.1) is 28.9 Å². The normalized spacial score (nSPS) is 50.2. The highest BCUT2D eigenvalue weighted by atomic mass is 16.3. The molecule has 8 aliphatic rings. The van der Waals surface area contributed by atoms with Crippen LogP contribution < -0.4 is 0 Å². The van der Waals surface area contributed by atoms with E-state index >= 15 is 0 Å². The number of aliphatic hydroxyl groups excluding tert-OH is 1. The van der Waals surface area contributed by atoms with Gasteiger partial charge in [-0.2, -0.15) is 0 Å². The van der Waals surface area contributed by atoms with Crippen LogP contribution in [0.1, 0.15) is 168 Å². The van der Waals surface area contributed by atoms with Crippen LogP contribution in [0.5, 0.6) is 0 Å². The van der Waals surface area contributed by atoms with Crippen molar-refractivity contribution in [2.45, 2.75) is 177 Å². The lowest BCUT2D eigenvalue weighted by Crippen LogP contribution is -2.55. The molecule has 8 aliphatic carbocycles. The third kappa shape index (κ3) is 4.94. The highest BCUT2D eigenvalue weighted by molar-refractivity contribution is 5.31. The molecular weight excluding hydrogens is 597 g/mol. The molecule has 0 aromatic carbocycles. The predicted octanol–water partition coefficient (Wildman–Crippen LogP) is 10.8. The molecule has 272 valence electrons. The van der Waals surface area contributed by atoms with E-state index in [1.54, 1.807) is 0 Å². The molecule has 1 aromatic rings. The molecule has 9 rings (SSSR count). The van der Waals surface area contributed by atoms with E-state index in [1.807, 2.05) is 0 Å². The van der Waals surface area contributed by atoms with Crippen molar-refractivity contribution in [3.63, 3.8) is 0 Å². The molecule has 7 unspecified atom stereocenters. The van der Waals surface area contributed by atoms with Crippen molar-refractivity contribution >= 4 is 0 Å². The summed E-state index contributed by atoms with van der Waals surface area (Å²) in [4.78, 5) is 11.4. The molecule has 3 nitrogen and oxygen atoms in total. The van der Waals surface area contributed by atoms with E-state index in [1.165, 1.54) is 132 Å². The highest BCUT2D eigenvalue weighted by Gasteiger charge is 2.62. The maximum atomic E-state index is 11.0. The van der Waals surface area contributed by atoms with Crippen molar-refractivity contribution in [3.05, 3.63) is 22.8 Å². The quantitative estimate of drug-likeness (QED) is 0.340. The summed E-state index contributed by atoms with van der Waals surface area (Å²) in [7, 11) is 0. The van der Waals surface area contributed by atoms with Crippen LogP contribution in [-0.4, -0.2) is 21.2 Å². The zero-order valence-electron chi connectivity index (χ0n) is 32.7. The summed E-state index contributed by atoms with van der Waals surface area (Å²) in [5.41, 5.74) is 7.12. The summed E-state index contributed by atoms with van der Waals surface area (Å²) in [6, 6.07) is 0. The molecule has 0 radical (unpaired) electrons. The fourth-order valence-corrected chi connectivity index (χ4v) is 16.7. The minimum atomic E-state index is -0.0736. The molecule has 0 aliphatic heterocycles. The Kier molecular flexibility index (Phi) is 8.13. The standard InChI is InChI=1S/C46H72N2O/c1-27(2)9-8-10-28(3)33-15-16-34-31-13-11-29-23-38-40(25-45(29,6)36(31)19-21-43(33,34)4)47-39-24-30-12-14-32-35-17-18-42(49)44(35,5)22-20-37(32)46(30,7)26-41(39)48-38/h27-37,42,49H,8-26H2,1-7H3/t28?,29?,30?,31-,32-,33+,34?,35?,36?,37?,42-,43+,44-,45-,46-/m0/s1. The van der Waals surface area contributed by atoms with E-state index in [4.69, 9.17) is 9.97 Å². The number of hydrogen-bond acceptors (Lipinski definition) is 3. The van der Waals surface area contributed by atoms with E-state index in [0.717, 1.165) is 77.9 Å². The summed E-state index contributed by atoms with van der Waals surface area (Å²) in [5.74, 6) is 9.35. The van der Waals surface area contributed by atoms with Crippen molar-refractivity contribution < 1.29 is 5.11 Å². The first-order valence-electron chi connectivity index (χ1n) is 21.9. The summed E-state index contributed by atoms with van der Waals surface area (Å²) in [6.45, 7) is 18.0. The first-order chi connectivity index (χ1) is 23.3. The van der Waals surface area contributed by atoms with Crippen LogP contribution >= 0.6 is 0 Å². The minimum absolute atomic E-state index is 0.0736. The molecule has 0 amide bonds. The van der Waals surface area contributed by atoms with E-state index in [2.05, 4.69) is 48.5 Å². The van der Waals surface area contributed by atoms with Gasteiger partial charge >= 0.3 is 0 Å². The van der Waals surface area contributed by atoms with Crippen LogP contribution in [0.15, 0.2) is 0 Å². The SMILES string of the molecule is CC(C)CCCC(C)[C@H]1CCC2[C@@H]3CCC4Cc5nc6c(nc5C[C@]4(C)C3CC[C@@]21C)CC1CC[C@@H]2C(CC[C@@]3(C)C2CC[C@@H]3O)[C@@]1(C)C6. The van der Waals surface area contributed by atoms with Gasteiger partial charge < -0.3 is 5.11 Å². The van der Waals surface area contributed by atoms with Crippen molar-refractivity contribution in [2.75, 3.05) is 0 Å². The van der Waals surface area contributed by atoms with Gasteiger partial charge in [-0.15, -0.1) is 0 Å². The summed E-state index contributed by atoms with van der Waals surface area (Å²) in [6.07, 6.45) is 25.3. The molecule has 0 spiro atoms. The molecule has 1 N–H and O–H groups in total. The van der Waals surface area contributed by atoms with Crippen molar-refractivity contribution in [1.82, 2.24) is 9.97 Å². The third-order valence-electron chi connectivity index (χ3n) is 19.5. The fourth-order valence-electron chi connectivity index (χ4n) is 16.7. The lowest BCUT2D eigenvalue weighted by molar-refractivity contribution is -0.112. The number of rotatable bonds is 5. The van der Waals surface area contributed by atoms with Crippen molar-refractivity contribution in [2.24, 2.45) is 86.8 Å². The van der Waals surface area contributed by atoms with Crippen LogP contribution in [0.4, 0.5) is 0 Å². The lowest BCUT2D eigenvalue weighted by atomic mass is 9.44. The van der Waals surface area contributed by atoms with Crippen molar-refractivity contribution in [3.8, 4) is 0 Å². The molecule has 6 saturated carbocycles. The number of aliphatic hydroxyl groups is 1. The second-order valence-corrected chi connectivity index (χ2v) is 21.8. The van der Waals surface area contributed by atoms with Crippen LogP contribution in [0.2, 0.25) is 0 Å². The summed E-state index contributed by atoms with van der Waals surface area (Å²) < 4.78 is 0. The topological polar surface area (TPSA) is 46.0 Å². The van der Waals surface area contributed by atoms with Gasteiger partial charge in [-0.25, -0.2) is 0 Å². The molecular formula is C46H72N2O. The van der Waals surface area contributed by atoms with E-state index in [9.17, 15) is 5.11 Å². The Labute approximate surface area is 300 Å². The number of fused-ring (bicyclic) bond motifs is 12. The van der Waals surface area contributed by atoms with Crippen LogP contribution in [0.25, 0.3) is 0 Å². The predicted molar refractivity (Wildman–Crippen MR) is 200 cm³/mol. The first kappa shape index (κ1) is 33.8. The zero-order chi connectivity index (χ0) is 34.1. The van der Waals surface area contributed by atoms with E-state index < -0.39 is 0 Å². The Morgan fingerprint density at radius 2 is 1.08 bits per heavy atom. The maximum absolute atomic E-state index is 11.0. The maximum Gasteiger partial charge on any atom is 0.0628 e. The van der Waals surface area contributed by atoms with Crippen molar-refractivity contribution in [1.29, 1.82) is 0 Å². The second-order valence-electron chi connectivity index (χ2n) is 21.8. The van der Waals surface area contributed by atoms with Gasteiger partial charge in [0.2, 0.25) is 0 Å². The van der Waals surface area contributed by atoms with Gasteiger partial charge in [0.1, 0.15) is 0 Å². The van der Waals surface area contributed by atoms with Crippen LogP contribution in [0.3, 0.4) is 0 Å². The molecule has 0 saturated heterocycles. The largest absolute Gasteiger partial charge is 0.393 e. The Bertz CT molecular complexity index is 1440. The Balaban J connectivity index is 0.934. The van der Waals surface area contributed by atoms with Gasteiger partial charge in [0.15, 0.2) is 0 Å². The van der Waals surface area contributed by atoms with Gasteiger partial charge in [-0.05, 0) is 189 Å².